The summed E-state index contributed by atoms with van der Waals surface area (Å²) >= 11 is 0. The standard InChI is InChI=1S/C16H24FN3O/c1-11-4-3-5-12(2)20(11)9-8-16(21)19-13-6-7-14(17)15(18)10-13/h6-7,10-12H,3-5,8-9,18H2,1-2H3,(H,19,21)/t11-,12+. The van der Waals surface area contributed by atoms with E-state index < -0.39 is 5.82 Å². The third-order valence-electron chi connectivity index (χ3n) is 4.25. The molecule has 1 aliphatic heterocycles. The van der Waals surface area contributed by atoms with Gasteiger partial charge in [0.2, 0.25) is 5.91 Å². The molecule has 0 aliphatic carbocycles. The molecule has 2 rings (SSSR count). The zero-order chi connectivity index (χ0) is 15.4. The molecule has 1 aromatic rings. The molecule has 21 heavy (non-hydrogen) atoms. The molecule has 1 aromatic carbocycles. The molecular weight excluding hydrogens is 269 g/mol. The van der Waals surface area contributed by atoms with Crippen LogP contribution in [0.4, 0.5) is 15.8 Å². The number of nitrogens with two attached hydrogens (primary N) is 1. The van der Waals surface area contributed by atoms with Crippen molar-refractivity contribution < 1.29 is 9.18 Å². The van der Waals surface area contributed by atoms with Crippen LogP contribution in [0.1, 0.15) is 39.5 Å². The molecule has 0 radical (unpaired) electrons. The Balaban J connectivity index is 1.85. The first-order valence-electron chi connectivity index (χ1n) is 7.58. The number of carbonyl (C=O) groups excluding carboxylic acids is 1. The van der Waals surface area contributed by atoms with E-state index in [1.165, 1.54) is 37.5 Å². The fraction of sp³-hybridized carbons (Fsp3) is 0.562. The first kappa shape index (κ1) is 15.8. The van der Waals surface area contributed by atoms with Crippen molar-refractivity contribution in [1.29, 1.82) is 0 Å². The number of amides is 1. The number of likely N-dealkylation sites (tertiary alicyclic amines) is 1. The Morgan fingerprint density at radius 2 is 2.05 bits per heavy atom. The van der Waals surface area contributed by atoms with Crippen LogP contribution in [0.25, 0.3) is 0 Å². The highest BCUT2D eigenvalue weighted by molar-refractivity contribution is 5.91. The summed E-state index contributed by atoms with van der Waals surface area (Å²) in [6, 6.07) is 5.29. The average Bonchev–Trinajstić information content (AvgIpc) is 2.42. The number of carbonyl (C=O) groups is 1. The second-order valence-corrected chi connectivity index (χ2v) is 5.90. The van der Waals surface area contributed by atoms with Gasteiger partial charge in [0.1, 0.15) is 5.82 Å². The number of hydrogen-bond acceptors (Lipinski definition) is 3. The SMILES string of the molecule is C[C@@H]1CCC[C@H](C)N1CCC(=O)Nc1ccc(F)c(N)c1. The molecule has 1 amide bonds. The van der Waals surface area contributed by atoms with Crippen molar-refractivity contribution >= 4 is 17.3 Å². The van der Waals surface area contributed by atoms with Crippen molar-refractivity contribution in [2.45, 2.75) is 51.6 Å². The average molecular weight is 293 g/mol. The highest BCUT2D eigenvalue weighted by Crippen LogP contribution is 2.22. The molecule has 0 spiro atoms. The summed E-state index contributed by atoms with van der Waals surface area (Å²) in [6.07, 6.45) is 4.09. The zero-order valence-electron chi connectivity index (χ0n) is 12.7. The Bertz CT molecular complexity index is 496. The molecule has 0 bridgehead atoms. The number of halogens is 1. The minimum atomic E-state index is -0.469. The summed E-state index contributed by atoms with van der Waals surface area (Å²) < 4.78 is 13.1. The molecular formula is C16H24FN3O. The van der Waals surface area contributed by atoms with Crippen molar-refractivity contribution in [3.8, 4) is 0 Å². The first-order valence-corrected chi connectivity index (χ1v) is 7.58. The predicted octanol–water partition coefficient (Wildman–Crippen LogP) is 3.00. The fourth-order valence-electron chi connectivity index (χ4n) is 2.99. The van der Waals surface area contributed by atoms with E-state index in [0.29, 0.717) is 24.2 Å². The number of anilines is 2. The summed E-state index contributed by atoms with van der Waals surface area (Å²) in [5, 5.41) is 2.77. The summed E-state index contributed by atoms with van der Waals surface area (Å²) in [6.45, 7) is 5.19. The van der Waals surface area contributed by atoms with E-state index in [0.717, 1.165) is 6.54 Å². The number of nitrogens with one attached hydrogen (secondary N) is 1. The van der Waals surface area contributed by atoms with E-state index >= 15 is 0 Å². The molecule has 0 unspecified atom stereocenters. The molecule has 3 N–H and O–H groups in total. The number of rotatable bonds is 4. The quantitative estimate of drug-likeness (QED) is 0.839. The Labute approximate surface area is 125 Å². The Morgan fingerprint density at radius 3 is 2.67 bits per heavy atom. The normalized spacial score (nSPS) is 23.0. The summed E-state index contributed by atoms with van der Waals surface area (Å²) in [5.74, 6) is -0.532. The van der Waals surface area contributed by atoms with Gasteiger partial charge in [-0.3, -0.25) is 9.69 Å². The van der Waals surface area contributed by atoms with Gasteiger partial charge in [-0.15, -0.1) is 0 Å². The van der Waals surface area contributed by atoms with E-state index in [9.17, 15) is 9.18 Å². The third kappa shape index (κ3) is 4.17. The number of nitrogen functional groups attached to an aromatic ring is 1. The van der Waals surface area contributed by atoms with Gasteiger partial charge < -0.3 is 11.1 Å². The molecule has 0 aromatic heterocycles. The van der Waals surface area contributed by atoms with Gasteiger partial charge in [-0.2, -0.15) is 0 Å². The number of benzene rings is 1. The van der Waals surface area contributed by atoms with Crippen molar-refractivity contribution in [2.24, 2.45) is 0 Å². The molecule has 0 saturated carbocycles. The maximum Gasteiger partial charge on any atom is 0.225 e. The zero-order valence-corrected chi connectivity index (χ0v) is 12.7. The highest BCUT2D eigenvalue weighted by atomic mass is 19.1. The van der Waals surface area contributed by atoms with Crippen molar-refractivity contribution in [3.05, 3.63) is 24.0 Å². The van der Waals surface area contributed by atoms with Crippen molar-refractivity contribution in [2.75, 3.05) is 17.6 Å². The monoisotopic (exact) mass is 293 g/mol. The predicted molar refractivity (Wildman–Crippen MR) is 83.5 cm³/mol. The third-order valence-corrected chi connectivity index (χ3v) is 4.25. The van der Waals surface area contributed by atoms with Crippen LogP contribution in [0.2, 0.25) is 0 Å². The second kappa shape index (κ2) is 6.89. The number of hydrogen-bond donors (Lipinski definition) is 2. The van der Waals surface area contributed by atoms with Crippen LogP contribution in [-0.2, 0) is 4.79 Å². The summed E-state index contributed by atoms with van der Waals surface area (Å²) in [7, 11) is 0. The Kier molecular flexibility index (Phi) is 5.17. The van der Waals surface area contributed by atoms with E-state index in [-0.39, 0.29) is 11.6 Å². The second-order valence-electron chi connectivity index (χ2n) is 5.90. The molecule has 2 atom stereocenters. The van der Waals surface area contributed by atoms with E-state index in [1.807, 2.05) is 0 Å². The van der Waals surface area contributed by atoms with Crippen molar-refractivity contribution in [1.82, 2.24) is 4.90 Å². The largest absolute Gasteiger partial charge is 0.396 e. The van der Waals surface area contributed by atoms with Gasteiger partial charge in [-0.05, 0) is 44.9 Å². The lowest BCUT2D eigenvalue weighted by atomic mass is 9.97. The van der Waals surface area contributed by atoms with Gasteiger partial charge in [0.25, 0.3) is 0 Å². The van der Waals surface area contributed by atoms with Crippen LogP contribution < -0.4 is 11.1 Å². The van der Waals surface area contributed by atoms with Crippen LogP contribution in [0.5, 0.6) is 0 Å². The van der Waals surface area contributed by atoms with Gasteiger partial charge in [-0.1, -0.05) is 6.42 Å². The van der Waals surface area contributed by atoms with Crippen LogP contribution in [-0.4, -0.2) is 29.4 Å². The molecule has 1 heterocycles. The maximum atomic E-state index is 13.1. The Morgan fingerprint density at radius 1 is 1.38 bits per heavy atom. The summed E-state index contributed by atoms with van der Waals surface area (Å²) in [4.78, 5) is 14.4. The van der Waals surface area contributed by atoms with Gasteiger partial charge >= 0.3 is 0 Å². The highest BCUT2D eigenvalue weighted by Gasteiger charge is 2.24. The smallest absolute Gasteiger partial charge is 0.225 e. The van der Waals surface area contributed by atoms with Gasteiger partial charge in [0.05, 0.1) is 5.69 Å². The molecule has 5 heteroatoms. The van der Waals surface area contributed by atoms with Crippen LogP contribution >= 0.6 is 0 Å². The summed E-state index contributed by atoms with van der Waals surface area (Å²) in [5.41, 5.74) is 6.08. The van der Waals surface area contributed by atoms with Gasteiger partial charge in [0, 0.05) is 30.7 Å². The van der Waals surface area contributed by atoms with E-state index in [4.69, 9.17) is 5.73 Å². The van der Waals surface area contributed by atoms with Crippen LogP contribution in [0.3, 0.4) is 0 Å². The number of piperidine rings is 1. The lowest BCUT2D eigenvalue weighted by molar-refractivity contribution is -0.116. The van der Waals surface area contributed by atoms with Crippen LogP contribution in [0, 0.1) is 5.82 Å². The minimum absolute atomic E-state index is 0.0473. The maximum absolute atomic E-state index is 13.1. The lowest BCUT2D eigenvalue weighted by Crippen LogP contribution is -2.44. The molecule has 1 fully saturated rings. The van der Waals surface area contributed by atoms with Gasteiger partial charge in [0.15, 0.2) is 0 Å². The first-order chi connectivity index (χ1) is 9.97. The molecule has 116 valence electrons. The molecule has 4 nitrogen and oxygen atoms in total. The number of nitrogens with zero attached hydrogens (tertiary/aromatic N) is 1. The Hall–Kier alpha value is -1.62. The van der Waals surface area contributed by atoms with Crippen LogP contribution in [0.15, 0.2) is 18.2 Å². The lowest BCUT2D eigenvalue weighted by Gasteiger charge is -2.38. The topological polar surface area (TPSA) is 58.4 Å². The molecule has 1 aliphatic rings. The van der Waals surface area contributed by atoms with E-state index in [1.54, 1.807) is 0 Å². The fourth-order valence-corrected chi connectivity index (χ4v) is 2.99. The minimum Gasteiger partial charge on any atom is -0.396 e. The van der Waals surface area contributed by atoms with Gasteiger partial charge in [-0.25, -0.2) is 4.39 Å². The molecule has 1 saturated heterocycles. The van der Waals surface area contributed by atoms with E-state index in [2.05, 4.69) is 24.1 Å². The van der Waals surface area contributed by atoms with Crippen molar-refractivity contribution in [3.63, 3.8) is 0 Å².